The summed E-state index contributed by atoms with van der Waals surface area (Å²) in [6.45, 7) is 0.116. The van der Waals surface area contributed by atoms with Crippen LogP contribution in [0.2, 0.25) is 0 Å². The first-order valence-corrected chi connectivity index (χ1v) is 7.01. The molecule has 0 heterocycles. The van der Waals surface area contributed by atoms with Crippen LogP contribution in [0.15, 0.2) is 66.7 Å². The molecule has 0 fully saturated rings. The van der Waals surface area contributed by atoms with Crippen LogP contribution in [0.5, 0.6) is 0 Å². The monoisotopic (exact) mass is 262 g/mol. The number of aliphatic hydroxyl groups excluding tert-OH is 1. The van der Waals surface area contributed by atoms with E-state index >= 15 is 0 Å². The molecule has 0 atom stereocenters. The molecule has 0 radical (unpaired) electrons. The lowest BCUT2D eigenvalue weighted by Gasteiger charge is -2.05. The summed E-state index contributed by atoms with van der Waals surface area (Å²) in [5.74, 6) is 0. The Kier molecular flexibility index (Phi) is 3.80. The Bertz CT molecular complexity index is 698. The first-order valence-electron chi connectivity index (χ1n) is 7.01. The van der Waals surface area contributed by atoms with Gasteiger partial charge in [-0.2, -0.15) is 0 Å². The van der Waals surface area contributed by atoms with Gasteiger partial charge in [-0.1, -0.05) is 66.7 Å². The van der Waals surface area contributed by atoms with Crippen LogP contribution >= 0.6 is 0 Å². The summed E-state index contributed by atoms with van der Waals surface area (Å²) in [6, 6.07) is 23.3. The molecule has 0 aliphatic heterocycles. The summed E-state index contributed by atoms with van der Waals surface area (Å²) in [7, 11) is 0. The largest absolute Gasteiger partial charge is 0.392 e. The van der Waals surface area contributed by atoms with Gasteiger partial charge in [0.05, 0.1) is 6.61 Å². The van der Waals surface area contributed by atoms with E-state index in [0.29, 0.717) is 0 Å². The summed E-state index contributed by atoms with van der Waals surface area (Å²) >= 11 is 0. The Labute approximate surface area is 119 Å². The highest BCUT2D eigenvalue weighted by molar-refractivity contribution is 5.82. The van der Waals surface area contributed by atoms with Crippen molar-refractivity contribution in [3.63, 3.8) is 0 Å². The van der Waals surface area contributed by atoms with Crippen molar-refractivity contribution in [1.29, 1.82) is 0 Å². The number of hydrogen-bond donors (Lipinski definition) is 1. The number of rotatable bonds is 4. The molecule has 20 heavy (non-hydrogen) atoms. The molecule has 3 aromatic carbocycles. The van der Waals surface area contributed by atoms with Crippen molar-refractivity contribution in [2.24, 2.45) is 0 Å². The fourth-order valence-electron chi connectivity index (χ4n) is 2.49. The normalized spacial score (nSPS) is 10.8. The molecule has 0 bridgehead atoms. The maximum atomic E-state index is 9.04. The van der Waals surface area contributed by atoms with Gasteiger partial charge < -0.3 is 5.11 Å². The molecule has 0 saturated carbocycles. The molecule has 0 saturated heterocycles. The van der Waals surface area contributed by atoms with Crippen LogP contribution in [-0.2, 0) is 19.4 Å². The molecule has 1 N–H and O–H groups in total. The van der Waals surface area contributed by atoms with E-state index in [0.717, 1.165) is 18.4 Å². The number of hydrogen-bond acceptors (Lipinski definition) is 1. The zero-order valence-electron chi connectivity index (χ0n) is 11.4. The average molecular weight is 262 g/mol. The number of benzene rings is 3. The van der Waals surface area contributed by atoms with Gasteiger partial charge in [-0.05, 0) is 40.3 Å². The fraction of sp³-hybridized carbons (Fsp3) is 0.158. The molecule has 1 nitrogen and oxygen atoms in total. The number of aliphatic hydroxyl groups is 1. The van der Waals surface area contributed by atoms with Gasteiger partial charge in [-0.3, -0.25) is 0 Å². The maximum Gasteiger partial charge on any atom is 0.0681 e. The van der Waals surface area contributed by atoms with Gasteiger partial charge in [0.25, 0.3) is 0 Å². The van der Waals surface area contributed by atoms with E-state index in [1.807, 2.05) is 12.1 Å². The summed E-state index contributed by atoms with van der Waals surface area (Å²) in [5, 5.41) is 11.6. The molecule has 0 aromatic heterocycles. The van der Waals surface area contributed by atoms with Gasteiger partial charge in [0, 0.05) is 0 Å². The third-order valence-electron chi connectivity index (χ3n) is 3.72. The Balaban J connectivity index is 1.72. The van der Waals surface area contributed by atoms with Crippen LogP contribution in [0.3, 0.4) is 0 Å². The second kappa shape index (κ2) is 5.89. The van der Waals surface area contributed by atoms with Crippen molar-refractivity contribution in [3.05, 3.63) is 83.4 Å². The number of fused-ring (bicyclic) bond motifs is 1. The second-order valence-corrected chi connectivity index (χ2v) is 5.16. The van der Waals surface area contributed by atoms with Crippen LogP contribution in [0.4, 0.5) is 0 Å². The molecule has 3 rings (SSSR count). The van der Waals surface area contributed by atoms with Crippen molar-refractivity contribution in [2.45, 2.75) is 19.4 Å². The lowest BCUT2D eigenvalue weighted by atomic mass is 10.0. The van der Waals surface area contributed by atoms with E-state index in [4.69, 9.17) is 5.11 Å². The minimum Gasteiger partial charge on any atom is -0.392 e. The average Bonchev–Trinajstić information content (AvgIpc) is 2.53. The van der Waals surface area contributed by atoms with Gasteiger partial charge in [0.1, 0.15) is 0 Å². The van der Waals surface area contributed by atoms with E-state index in [9.17, 15) is 0 Å². The van der Waals surface area contributed by atoms with Crippen molar-refractivity contribution in [2.75, 3.05) is 0 Å². The highest BCUT2D eigenvalue weighted by atomic mass is 16.3. The smallest absolute Gasteiger partial charge is 0.0681 e. The van der Waals surface area contributed by atoms with E-state index < -0.39 is 0 Å². The van der Waals surface area contributed by atoms with E-state index in [1.165, 1.54) is 21.9 Å². The number of aryl methyl sites for hydroxylation is 2. The standard InChI is InChI=1S/C19H18O/c20-14-17-9-6-15(7-10-17)5-8-16-11-12-18-3-1-2-4-19(18)13-16/h1-4,6-7,9-13,20H,5,8,14H2. The minimum absolute atomic E-state index is 0.116. The van der Waals surface area contributed by atoms with E-state index in [2.05, 4.69) is 54.6 Å². The van der Waals surface area contributed by atoms with Gasteiger partial charge in [-0.15, -0.1) is 0 Å². The molecular weight excluding hydrogens is 244 g/mol. The molecular formula is C19H18O. The molecule has 0 spiro atoms. The maximum absolute atomic E-state index is 9.04. The Morgan fingerprint density at radius 2 is 1.20 bits per heavy atom. The van der Waals surface area contributed by atoms with Crippen molar-refractivity contribution in [3.8, 4) is 0 Å². The van der Waals surface area contributed by atoms with Gasteiger partial charge >= 0.3 is 0 Å². The van der Waals surface area contributed by atoms with Crippen LogP contribution in [0.1, 0.15) is 16.7 Å². The molecule has 3 aromatic rings. The molecule has 0 amide bonds. The minimum atomic E-state index is 0.116. The molecule has 100 valence electrons. The summed E-state index contributed by atoms with van der Waals surface area (Å²) in [6.07, 6.45) is 2.08. The topological polar surface area (TPSA) is 20.2 Å². The highest BCUT2D eigenvalue weighted by Gasteiger charge is 1.99. The van der Waals surface area contributed by atoms with Crippen molar-refractivity contribution in [1.82, 2.24) is 0 Å². The highest BCUT2D eigenvalue weighted by Crippen LogP contribution is 2.17. The first kappa shape index (κ1) is 12.9. The third-order valence-corrected chi connectivity index (χ3v) is 3.72. The molecule has 0 aliphatic rings. The predicted molar refractivity (Wildman–Crippen MR) is 83.7 cm³/mol. The summed E-state index contributed by atoms with van der Waals surface area (Å²) < 4.78 is 0. The predicted octanol–water partition coefficient (Wildman–Crippen LogP) is 4.12. The van der Waals surface area contributed by atoms with Crippen molar-refractivity contribution < 1.29 is 5.11 Å². The fourth-order valence-corrected chi connectivity index (χ4v) is 2.49. The van der Waals surface area contributed by atoms with Gasteiger partial charge in [0.15, 0.2) is 0 Å². The summed E-state index contributed by atoms with van der Waals surface area (Å²) in [4.78, 5) is 0. The third kappa shape index (κ3) is 2.89. The zero-order chi connectivity index (χ0) is 13.8. The second-order valence-electron chi connectivity index (χ2n) is 5.16. The zero-order valence-corrected chi connectivity index (χ0v) is 11.4. The molecule has 0 unspecified atom stereocenters. The van der Waals surface area contributed by atoms with Gasteiger partial charge in [-0.25, -0.2) is 0 Å². The van der Waals surface area contributed by atoms with Crippen LogP contribution < -0.4 is 0 Å². The first-order chi connectivity index (χ1) is 9.85. The Morgan fingerprint density at radius 3 is 1.95 bits per heavy atom. The van der Waals surface area contributed by atoms with Crippen LogP contribution in [-0.4, -0.2) is 5.11 Å². The quantitative estimate of drug-likeness (QED) is 0.750. The Morgan fingerprint density at radius 1 is 0.600 bits per heavy atom. The lowest BCUT2D eigenvalue weighted by molar-refractivity contribution is 0.282. The van der Waals surface area contributed by atoms with Crippen LogP contribution in [0, 0.1) is 0 Å². The van der Waals surface area contributed by atoms with E-state index in [1.54, 1.807) is 0 Å². The van der Waals surface area contributed by atoms with E-state index in [-0.39, 0.29) is 6.61 Å². The lowest BCUT2D eigenvalue weighted by Crippen LogP contribution is -1.92. The molecule has 0 aliphatic carbocycles. The molecule has 1 heteroatoms. The van der Waals surface area contributed by atoms with Gasteiger partial charge in [0.2, 0.25) is 0 Å². The Hall–Kier alpha value is -2.12. The SMILES string of the molecule is OCc1ccc(CCc2ccc3ccccc3c2)cc1. The summed E-state index contributed by atoms with van der Waals surface area (Å²) in [5.41, 5.74) is 3.66. The van der Waals surface area contributed by atoms with Crippen LogP contribution in [0.25, 0.3) is 10.8 Å². The van der Waals surface area contributed by atoms with Crippen molar-refractivity contribution >= 4 is 10.8 Å².